The topological polar surface area (TPSA) is 37.0 Å². The molecular weight excluding hydrogens is 421 g/mol. The van der Waals surface area contributed by atoms with Crippen molar-refractivity contribution in [2.75, 3.05) is 10.0 Å². The van der Waals surface area contributed by atoms with Gasteiger partial charge in [0.2, 0.25) is 0 Å². The summed E-state index contributed by atoms with van der Waals surface area (Å²) in [5, 5.41) is 5.85. The molecule has 1 heterocycles. The Hall–Kier alpha value is -1.57. The van der Waals surface area contributed by atoms with Crippen LogP contribution in [0.5, 0.6) is 0 Å². The molecule has 7 heteroatoms. The first kappa shape index (κ1) is 19.8. The number of anilines is 2. The van der Waals surface area contributed by atoms with Crippen molar-refractivity contribution in [1.29, 1.82) is 0 Å². The van der Waals surface area contributed by atoms with E-state index in [2.05, 4.69) is 31.0 Å². The third kappa shape index (κ3) is 6.02. The van der Waals surface area contributed by atoms with Crippen molar-refractivity contribution in [3.05, 3.63) is 69.9 Å². The van der Waals surface area contributed by atoms with E-state index in [-0.39, 0.29) is 5.82 Å². The van der Waals surface area contributed by atoms with Crippen molar-refractivity contribution in [1.82, 2.24) is 4.98 Å². The van der Waals surface area contributed by atoms with Gasteiger partial charge in [-0.1, -0.05) is 44.2 Å². The number of rotatable bonds is 6. The highest BCUT2D eigenvalue weighted by atomic mass is 79.9. The minimum atomic E-state index is -0.280. The van der Waals surface area contributed by atoms with E-state index in [1.54, 1.807) is 12.3 Å². The van der Waals surface area contributed by atoms with E-state index in [9.17, 15) is 4.39 Å². The maximum atomic E-state index is 14.2. The van der Waals surface area contributed by atoms with Crippen LogP contribution in [0.2, 0.25) is 0 Å². The predicted octanol–water partition coefficient (Wildman–Crippen LogP) is 6.80. The highest BCUT2D eigenvalue weighted by Gasteiger charge is 2.10. The Morgan fingerprint density at radius 3 is 2.64 bits per heavy atom. The maximum Gasteiger partial charge on any atom is 0.192 e. The minimum Gasteiger partial charge on any atom is -0.380 e. The van der Waals surface area contributed by atoms with Crippen molar-refractivity contribution in [3.63, 3.8) is 0 Å². The number of nitrogens with one attached hydrogen (secondary N) is 2. The van der Waals surface area contributed by atoms with Gasteiger partial charge < -0.3 is 10.0 Å². The van der Waals surface area contributed by atoms with Crippen molar-refractivity contribution < 1.29 is 4.39 Å². The molecule has 0 unspecified atom stereocenters. The zero-order chi connectivity index (χ0) is 18.1. The zero-order valence-corrected chi connectivity index (χ0v) is 17.1. The van der Waals surface area contributed by atoms with Gasteiger partial charge in [-0.25, -0.2) is 9.37 Å². The summed E-state index contributed by atoms with van der Waals surface area (Å²) in [6.07, 6.45) is 1.70. The summed E-state index contributed by atoms with van der Waals surface area (Å²) >= 11 is 6.17. The molecule has 0 amide bonds. The van der Waals surface area contributed by atoms with Crippen LogP contribution < -0.4 is 10.0 Å². The number of hydrogen-bond donors (Lipinski definition) is 2. The maximum absolute atomic E-state index is 14.2. The lowest BCUT2D eigenvalue weighted by Gasteiger charge is -2.11. The number of hydrogen-bond acceptors (Lipinski definition) is 5. The molecule has 2 aromatic carbocycles. The summed E-state index contributed by atoms with van der Waals surface area (Å²) in [7, 11) is 0. The Labute approximate surface area is 164 Å². The van der Waals surface area contributed by atoms with Gasteiger partial charge in [0.15, 0.2) is 5.13 Å². The van der Waals surface area contributed by atoms with Gasteiger partial charge in [-0.3, -0.25) is 0 Å². The van der Waals surface area contributed by atoms with Crippen LogP contribution in [-0.2, 0) is 6.54 Å². The molecule has 0 saturated heterocycles. The molecule has 0 atom stereocenters. The van der Waals surface area contributed by atoms with Crippen LogP contribution in [0.25, 0.3) is 0 Å². The molecule has 3 aromatic rings. The molecule has 132 valence electrons. The molecule has 0 aliphatic carbocycles. The van der Waals surface area contributed by atoms with Crippen LogP contribution in [0.15, 0.2) is 63.4 Å². The van der Waals surface area contributed by atoms with Crippen LogP contribution in [0.3, 0.4) is 0 Å². The van der Waals surface area contributed by atoms with Gasteiger partial charge in [0.25, 0.3) is 0 Å². The van der Waals surface area contributed by atoms with E-state index >= 15 is 0 Å². The van der Waals surface area contributed by atoms with Crippen LogP contribution in [0.4, 0.5) is 15.2 Å². The predicted molar refractivity (Wildman–Crippen MR) is 111 cm³/mol. The highest BCUT2D eigenvalue weighted by molar-refractivity contribution is 9.10. The Balaban J connectivity index is 0.00000109. The lowest BCUT2D eigenvalue weighted by Crippen LogP contribution is -2.01. The van der Waals surface area contributed by atoms with Gasteiger partial charge >= 0.3 is 0 Å². The summed E-state index contributed by atoms with van der Waals surface area (Å²) in [5.41, 5.74) is 1.87. The average molecular weight is 440 g/mol. The normalized spacial score (nSPS) is 9.92. The Bertz CT molecular complexity index is 768. The number of nitrogens with zero attached hydrogens (tertiary/aromatic N) is 1. The monoisotopic (exact) mass is 439 g/mol. The third-order valence-electron chi connectivity index (χ3n) is 3.03. The van der Waals surface area contributed by atoms with Gasteiger partial charge in [-0.2, -0.15) is 0 Å². The second kappa shape index (κ2) is 10.4. The van der Waals surface area contributed by atoms with Gasteiger partial charge in [0, 0.05) is 22.6 Å². The molecular formula is C18H19BrFN3S2. The molecule has 0 spiro atoms. The number of aromatic nitrogens is 1. The Morgan fingerprint density at radius 2 is 1.96 bits per heavy atom. The van der Waals surface area contributed by atoms with Crippen molar-refractivity contribution in [2.24, 2.45) is 0 Å². The van der Waals surface area contributed by atoms with Crippen LogP contribution in [-0.4, -0.2) is 4.98 Å². The SMILES string of the molecule is CC.Fc1cc(NCc2ccccc2)c(Br)cc1SNc1nccs1. The Morgan fingerprint density at radius 1 is 1.20 bits per heavy atom. The van der Waals surface area contributed by atoms with E-state index in [4.69, 9.17) is 0 Å². The first-order chi connectivity index (χ1) is 12.2. The number of thiazole rings is 1. The minimum absolute atomic E-state index is 0.280. The fourth-order valence-electron chi connectivity index (χ4n) is 1.91. The molecule has 1 aromatic heterocycles. The van der Waals surface area contributed by atoms with Gasteiger partial charge in [0.1, 0.15) is 5.82 Å². The molecule has 2 N–H and O–H groups in total. The quantitative estimate of drug-likeness (QED) is 0.413. The smallest absolute Gasteiger partial charge is 0.192 e. The molecule has 0 radical (unpaired) electrons. The first-order valence-electron chi connectivity index (χ1n) is 7.81. The molecule has 0 saturated carbocycles. The molecule has 25 heavy (non-hydrogen) atoms. The molecule has 3 nitrogen and oxygen atoms in total. The molecule has 0 fully saturated rings. The summed E-state index contributed by atoms with van der Waals surface area (Å²) in [6.45, 7) is 4.64. The zero-order valence-electron chi connectivity index (χ0n) is 13.9. The van der Waals surface area contributed by atoms with E-state index in [0.29, 0.717) is 11.4 Å². The second-order valence-electron chi connectivity index (χ2n) is 4.64. The first-order valence-corrected chi connectivity index (χ1v) is 10.3. The van der Waals surface area contributed by atoms with Crippen molar-refractivity contribution >= 4 is 50.0 Å². The molecule has 0 aliphatic rings. The molecule has 0 bridgehead atoms. The fourth-order valence-corrected chi connectivity index (χ4v) is 3.82. The molecule has 3 rings (SSSR count). The van der Waals surface area contributed by atoms with Crippen LogP contribution in [0.1, 0.15) is 19.4 Å². The lowest BCUT2D eigenvalue weighted by atomic mass is 10.2. The van der Waals surface area contributed by atoms with Crippen LogP contribution >= 0.6 is 39.2 Å². The fraction of sp³-hybridized carbons (Fsp3) is 0.167. The third-order valence-corrected chi connectivity index (χ3v) is 5.33. The van der Waals surface area contributed by atoms with E-state index < -0.39 is 0 Å². The van der Waals surface area contributed by atoms with E-state index in [1.807, 2.05) is 49.6 Å². The Kier molecular flexibility index (Phi) is 8.24. The largest absolute Gasteiger partial charge is 0.380 e. The van der Waals surface area contributed by atoms with Gasteiger partial charge in [0.05, 0.1) is 10.6 Å². The lowest BCUT2D eigenvalue weighted by molar-refractivity contribution is 0.602. The van der Waals surface area contributed by atoms with E-state index in [0.717, 1.165) is 20.9 Å². The van der Waals surface area contributed by atoms with Gasteiger partial charge in [-0.15, -0.1) is 11.3 Å². The standard InChI is InChI=1S/C16H13BrFN3S2.C2H6/c17-12-8-15(23-21-16-19-6-7-22-16)13(18)9-14(12)20-10-11-4-2-1-3-5-11;1-2/h1-9,20H,10H2,(H,19,21);1-2H3. The number of halogens is 2. The summed E-state index contributed by atoms with van der Waals surface area (Å²) in [6, 6.07) is 13.2. The number of benzene rings is 2. The summed E-state index contributed by atoms with van der Waals surface area (Å²) in [4.78, 5) is 4.62. The second-order valence-corrected chi connectivity index (χ2v) is 7.24. The summed E-state index contributed by atoms with van der Waals surface area (Å²) in [5.74, 6) is -0.280. The van der Waals surface area contributed by atoms with Crippen molar-refractivity contribution in [2.45, 2.75) is 25.3 Å². The summed E-state index contributed by atoms with van der Waals surface area (Å²) < 4.78 is 18.1. The highest BCUT2D eigenvalue weighted by Crippen LogP contribution is 2.32. The van der Waals surface area contributed by atoms with Gasteiger partial charge in [-0.05, 0) is 45.6 Å². The van der Waals surface area contributed by atoms with Crippen molar-refractivity contribution in [3.8, 4) is 0 Å². The van der Waals surface area contributed by atoms with Crippen LogP contribution in [0, 0.1) is 5.82 Å². The average Bonchev–Trinajstić information content (AvgIpc) is 3.17. The molecule has 0 aliphatic heterocycles. The van der Waals surface area contributed by atoms with E-state index in [1.165, 1.54) is 29.4 Å².